The molecule has 0 radical (unpaired) electrons. The molecule has 2 aromatic heterocycles. The van der Waals surface area contributed by atoms with E-state index in [0.29, 0.717) is 23.5 Å². The maximum Gasteiger partial charge on any atom is 0.144 e. The highest BCUT2D eigenvalue weighted by Crippen LogP contribution is 2.29. The second kappa shape index (κ2) is 5.70. The van der Waals surface area contributed by atoms with Gasteiger partial charge in [-0.25, -0.2) is 4.98 Å². The van der Waals surface area contributed by atoms with E-state index in [2.05, 4.69) is 31.1 Å². The highest BCUT2D eigenvalue weighted by molar-refractivity contribution is 5.51. The quantitative estimate of drug-likeness (QED) is 0.922. The largest absolute Gasteiger partial charge is 0.366 e. The van der Waals surface area contributed by atoms with E-state index in [0.717, 1.165) is 25.7 Å². The van der Waals surface area contributed by atoms with Crippen molar-refractivity contribution in [1.82, 2.24) is 19.7 Å². The first-order valence-corrected chi connectivity index (χ1v) is 6.82. The summed E-state index contributed by atoms with van der Waals surface area (Å²) in [5, 5.41) is 20.2. The van der Waals surface area contributed by atoms with E-state index < -0.39 is 0 Å². The maximum absolute atomic E-state index is 9.07. The first-order valence-electron chi connectivity index (χ1n) is 6.82. The predicted octanol–water partition coefficient (Wildman–Crippen LogP) is 2.14. The third-order valence-electron chi connectivity index (χ3n) is 3.82. The normalized spacial score (nSPS) is 22.1. The summed E-state index contributed by atoms with van der Waals surface area (Å²) >= 11 is 0. The van der Waals surface area contributed by atoms with Gasteiger partial charge in [-0.1, -0.05) is 0 Å². The zero-order valence-electron chi connectivity index (χ0n) is 11.1. The highest BCUT2D eigenvalue weighted by atomic mass is 15.2. The SMILES string of the molecule is N#Cc1cccnc1NC1CCC(n2cnnc2)CC1. The third-order valence-corrected chi connectivity index (χ3v) is 3.82. The molecule has 0 atom stereocenters. The van der Waals surface area contributed by atoms with Crippen LogP contribution in [0.3, 0.4) is 0 Å². The van der Waals surface area contributed by atoms with Gasteiger partial charge >= 0.3 is 0 Å². The van der Waals surface area contributed by atoms with E-state index in [-0.39, 0.29) is 0 Å². The summed E-state index contributed by atoms with van der Waals surface area (Å²) in [7, 11) is 0. The van der Waals surface area contributed by atoms with Crippen molar-refractivity contribution in [3.05, 3.63) is 36.5 Å². The van der Waals surface area contributed by atoms with Gasteiger partial charge in [0, 0.05) is 18.3 Å². The minimum Gasteiger partial charge on any atom is -0.366 e. The molecule has 1 saturated carbocycles. The molecule has 0 saturated heterocycles. The van der Waals surface area contributed by atoms with Gasteiger partial charge in [-0.3, -0.25) is 0 Å². The lowest BCUT2D eigenvalue weighted by atomic mass is 9.91. The number of anilines is 1. The zero-order chi connectivity index (χ0) is 13.8. The molecular formula is C14H16N6. The van der Waals surface area contributed by atoms with Gasteiger partial charge < -0.3 is 9.88 Å². The van der Waals surface area contributed by atoms with Crippen LogP contribution in [-0.2, 0) is 0 Å². The Morgan fingerprint density at radius 3 is 2.65 bits per heavy atom. The molecule has 102 valence electrons. The van der Waals surface area contributed by atoms with Crippen LogP contribution in [0, 0.1) is 11.3 Å². The smallest absolute Gasteiger partial charge is 0.144 e. The Bertz CT molecular complexity index is 592. The summed E-state index contributed by atoms with van der Waals surface area (Å²) in [5.41, 5.74) is 0.605. The molecule has 3 rings (SSSR count). The van der Waals surface area contributed by atoms with Crippen molar-refractivity contribution in [2.45, 2.75) is 37.8 Å². The summed E-state index contributed by atoms with van der Waals surface area (Å²) in [5.74, 6) is 0.697. The second-order valence-electron chi connectivity index (χ2n) is 5.07. The summed E-state index contributed by atoms with van der Waals surface area (Å²) in [6.07, 6.45) is 9.57. The van der Waals surface area contributed by atoms with Gasteiger partial charge in [-0.05, 0) is 37.8 Å². The van der Waals surface area contributed by atoms with Crippen LogP contribution in [-0.4, -0.2) is 25.8 Å². The van der Waals surface area contributed by atoms with E-state index >= 15 is 0 Å². The Morgan fingerprint density at radius 2 is 1.95 bits per heavy atom. The van der Waals surface area contributed by atoms with E-state index in [1.165, 1.54) is 0 Å². The number of nitrogens with zero attached hydrogens (tertiary/aromatic N) is 5. The summed E-state index contributed by atoms with van der Waals surface area (Å²) in [6, 6.07) is 6.61. The van der Waals surface area contributed by atoms with Gasteiger partial charge in [0.2, 0.25) is 0 Å². The molecule has 1 N–H and O–H groups in total. The first-order chi connectivity index (χ1) is 9.86. The fraction of sp³-hybridized carbons (Fsp3) is 0.429. The predicted molar refractivity (Wildman–Crippen MR) is 73.9 cm³/mol. The highest BCUT2D eigenvalue weighted by Gasteiger charge is 2.22. The number of rotatable bonds is 3. The lowest BCUT2D eigenvalue weighted by Gasteiger charge is -2.29. The van der Waals surface area contributed by atoms with Crippen molar-refractivity contribution < 1.29 is 0 Å². The second-order valence-corrected chi connectivity index (χ2v) is 5.07. The van der Waals surface area contributed by atoms with Crippen molar-refractivity contribution in [2.24, 2.45) is 0 Å². The van der Waals surface area contributed by atoms with Crippen LogP contribution in [0.1, 0.15) is 37.3 Å². The number of aromatic nitrogens is 4. The molecule has 20 heavy (non-hydrogen) atoms. The molecule has 0 unspecified atom stereocenters. The topological polar surface area (TPSA) is 79.4 Å². The van der Waals surface area contributed by atoms with Crippen LogP contribution in [0.15, 0.2) is 31.0 Å². The standard InChI is InChI=1S/C14H16N6/c15-8-11-2-1-7-16-14(11)19-12-3-5-13(6-4-12)20-9-17-18-10-20/h1-2,7,9-10,12-13H,3-6H2,(H,16,19). The van der Waals surface area contributed by atoms with Gasteiger partial charge in [0.05, 0.1) is 5.56 Å². The Kier molecular flexibility index (Phi) is 3.59. The van der Waals surface area contributed by atoms with Crippen LogP contribution in [0.25, 0.3) is 0 Å². The van der Waals surface area contributed by atoms with Crippen molar-refractivity contribution in [3.8, 4) is 6.07 Å². The van der Waals surface area contributed by atoms with E-state index in [4.69, 9.17) is 5.26 Å². The van der Waals surface area contributed by atoms with Crippen LogP contribution in [0.2, 0.25) is 0 Å². The molecule has 1 aliphatic rings. The fourth-order valence-electron chi connectivity index (χ4n) is 2.72. The minimum absolute atomic E-state index is 0.379. The number of hydrogen-bond donors (Lipinski definition) is 1. The molecule has 0 aromatic carbocycles. The van der Waals surface area contributed by atoms with E-state index in [9.17, 15) is 0 Å². The van der Waals surface area contributed by atoms with Crippen LogP contribution in [0.4, 0.5) is 5.82 Å². The molecular weight excluding hydrogens is 252 g/mol. The van der Waals surface area contributed by atoms with Crippen LogP contribution < -0.4 is 5.32 Å². The molecule has 0 spiro atoms. The molecule has 0 amide bonds. The minimum atomic E-state index is 0.379. The molecule has 6 heteroatoms. The average molecular weight is 268 g/mol. The van der Waals surface area contributed by atoms with Gasteiger partial charge in [-0.2, -0.15) is 5.26 Å². The molecule has 2 aromatic rings. The maximum atomic E-state index is 9.07. The summed E-state index contributed by atoms with van der Waals surface area (Å²) < 4.78 is 2.08. The van der Waals surface area contributed by atoms with Gasteiger partial charge in [0.15, 0.2) is 0 Å². The number of hydrogen-bond acceptors (Lipinski definition) is 5. The van der Waals surface area contributed by atoms with Gasteiger partial charge in [-0.15, -0.1) is 10.2 Å². The first kappa shape index (κ1) is 12.6. The molecule has 1 aliphatic carbocycles. The summed E-state index contributed by atoms with van der Waals surface area (Å²) in [6.45, 7) is 0. The van der Waals surface area contributed by atoms with Gasteiger partial charge in [0.1, 0.15) is 24.5 Å². The lowest BCUT2D eigenvalue weighted by molar-refractivity contribution is 0.333. The molecule has 0 aliphatic heterocycles. The van der Waals surface area contributed by atoms with Crippen molar-refractivity contribution in [3.63, 3.8) is 0 Å². The number of pyridine rings is 1. The van der Waals surface area contributed by atoms with Crippen molar-refractivity contribution in [2.75, 3.05) is 5.32 Å². The van der Waals surface area contributed by atoms with Gasteiger partial charge in [0.25, 0.3) is 0 Å². The van der Waals surface area contributed by atoms with Crippen LogP contribution >= 0.6 is 0 Å². The Morgan fingerprint density at radius 1 is 1.20 bits per heavy atom. The van der Waals surface area contributed by atoms with E-state index in [1.807, 2.05) is 0 Å². The monoisotopic (exact) mass is 268 g/mol. The Hall–Kier alpha value is -2.42. The average Bonchev–Trinajstić information content (AvgIpc) is 3.03. The molecule has 6 nitrogen and oxygen atoms in total. The summed E-state index contributed by atoms with van der Waals surface area (Å²) in [4.78, 5) is 4.25. The van der Waals surface area contributed by atoms with Crippen molar-refractivity contribution >= 4 is 5.82 Å². The fourth-order valence-corrected chi connectivity index (χ4v) is 2.72. The Balaban J connectivity index is 1.60. The zero-order valence-corrected chi connectivity index (χ0v) is 11.1. The van der Waals surface area contributed by atoms with Crippen molar-refractivity contribution in [1.29, 1.82) is 5.26 Å². The molecule has 2 heterocycles. The third kappa shape index (κ3) is 2.62. The lowest BCUT2D eigenvalue weighted by Crippen LogP contribution is -2.27. The number of nitrogens with one attached hydrogen (secondary N) is 1. The Labute approximate surface area is 117 Å². The molecule has 0 bridgehead atoms. The number of nitriles is 1. The molecule has 1 fully saturated rings. The van der Waals surface area contributed by atoms with E-state index in [1.54, 1.807) is 31.0 Å². The van der Waals surface area contributed by atoms with Crippen LogP contribution in [0.5, 0.6) is 0 Å².